The topological polar surface area (TPSA) is 15.7 Å². The van der Waals surface area contributed by atoms with Crippen LogP contribution < -0.4 is 0 Å². The van der Waals surface area contributed by atoms with E-state index in [1.807, 2.05) is 7.11 Å². The number of ether oxygens (including phenoxy) is 1. The lowest BCUT2D eigenvalue weighted by molar-refractivity contribution is -0.0169. The van der Waals surface area contributed by atoms with Crippen LogP contribution in [0.1, 0.15) is 71.6 Å². The summed E-state index contributed by atoms with van der Waals surface area (Å²) >= 11 is 0. The summed E-state index contributed by atoms with van der Waals surface area (Å²) in [6, 6.07) is 0. The third kappa shape index (κ3) is 3.54. The van der Waals surface area contributed by atoms with Crippen LogP contribution >= 0.6 is 0 Å². The highest BCUT2D eigenvalue weighted by Crippen LogP contribution is 2.53. The summed E-state index contributed by atoms with van der Waals surface area (Å²) in [5.41, 5.74) is 1.08. The zero-order valence-electron chi connectivity index (χ0n) is 16.9. The molecule has 24 heavy (non-hydrogen) atoms. The van der Waals surface area contributed by atoms with Crippen LogP contribution in [-0.4, -0.2) is 61.8 Å². The SMILES string of the molecule is COC(C)(C)CN1CCC2(CCC(C3CCCC3)(N(C)C)CC2)C1. The summed E-state index contributed by atoms with van der Waals surface area (Å²) in [4.78, 5) is 5.28. The predicted octanol–water partition coefficient (Wildman–Crippen LogP) is 4.17. The van der Waals surface area contributed by atoms with Crippen molar-refractivity contribution >= 4 is 0 Å². The number of methoxy groups -OCH3 is 1. The highest BCUT2D eigenvalue weighted by Gasteiger charge is 2.50. The number of nitrogens with zero attached hydrogens (tertiary/aromatic N) is 2. The normalized spacial score (nSPS) is 36.2. The van der Waals surface area contributed by atoms with E-state index in [1.165, 1.54) is 70.9 Å². The van der Waals surface area contributed by atoms with E-state index in [1.54, 1.807) is 0 Å². The van der Waals surface area contributed by atoms with Gasteiger partial charge < -0.3 is 9.64 Å². The van der Waals surface area contributed by atoms with Crippen molar-refractivity contribution in [1.29, 1.82) is 0 Å². The van der Waals surface area contributed by atoms with Crippen LogP contribution in [0, 0.1) is 11.3 Å². The molecule has 1 aliphatic heterocycles. The van der Waals surface area contributed by atoms with E-state index in [4.69, 9.17) is 4.74 Å². The molecule has 0 N–H and O–H groups in total. The Labute approximate surface area is 150 Å². The molecule has 0 unspecified atom stereocenters. The lowest BCUT2D eigenvalue weighted by Crippen LogP contribution is -2.54. The van der Waals surface area contributed by atoms with Crippen molar-refractivity contribution in [2.45, 2.75) is 82.8 Å². The molecule has 1 saturated heterocycles. The molecule has 3 heteroatoms. The van der Waals surface area contributed by atoms with Gasteiger partial charge in [0.25, 0.3) is 0 Å². The highest BCUT2D eigenvalue weighted by atomic mass is 16.5. The third-order valence-electron chi connectivity index (χ3n) is 7.86. The summed E-state index contributed by atoms with van der Waals surface area (Å²) in [6.45, 7) is 8.08. The van der Waals surface area contributed by atoms with Crippen LogP contribution in [0.5, 0.6) is 0 Å². The zero-order chi connectivity index (χ0) is 17.4. The molecule has 3 rings (SSSR count). The van der Waals surface area contributed by atoms with E-state index in [0.717, 1.165) is 12.5 Å². The molecule has 0 aromatic rings. The fraction of sp³-hybridized carbons (Fsp3) is 1.00. The Bertz CT molecular complexity index is 418. The van der Waals surface area contributed by atoms with Crippen LogP contribution in [0.2, 0.25) is 0 Å². The molecular weight excluding hydrogens is 296 g/mol. The third-order valence-corrected chi connectivity index (χ3v) is 7.86. The second-order valence-corrected chi connectivity index (χ2v) is 9.90. The standard InChI is InChI=1S/C21H40N2O/c1-19(2,24-5)16-23-15-14-20(17-23)10-12-21(13-11-20,22(3)4)18-8-6-7-9-18/h18H,6-17H2,1-5H3. The van der Waals surface area contributed by atoms with Gasteiger partial charge in [0.2, 0.25) is 0 Å². The van der Waals surface area contributed by atoms with Gasteiger partial charge in [0.15, 0.2) is 0 Å². The quantitative estimate of drug-likeness (QED) is 0.749. The van der Waals surface area contributed by atoms with E-state index in [2.05, 4.69) is 37.7 Å². The summed E-state index contributed by atoms with van der Waals surface area (Å²) in [5.74, 6) is 0.954. The second kappa shape index (κ2) is 6.89. The van der Waals surface area contributed by atoms with Crippen molar-refractivity contribution in [3.8, 4) is 0 Å². The van der Waals surface area contributed by atoms with E-state index in [0.29, 0.717) is 11.0 Å². The van der Waals surface area contributed by atoms with Crippen LogP contribution in [-0.2, 0) is 4.74 Å². The molecule has 3 aliphatic rings. The first-order valence-electron chi connectivity index (χ1n) is 10.3. The molecule has 0 atom stereocenters. The summed E-state index contributed by atoms with van der Waals surface area (Å²) in [5, 5.41) is 0. The fourth-order valence-corrected chi connectivity index (χ4v) is 6.07. The van der Waals surface area contributed by atoms with Gasteiger partial charge in [0, 0.05) is 25.7 Å². The van der Waals surface area contributed by atoms with Crippen LogP contribution in [0.15, 0.2) is 0 Å². The van der Waals surface area contributed by atoms with Crippen LogP contribution in [0.25, 0.3) is 0 Å². The van der Waals surface area contributed by atoms with Gasteiger partial charge in [0.1, 0.15) is 0 Å². The molecule has 0 amide bonds. The van der Waals surface area contributed by atoms with Crippen molar-refractivity contribution in [3.05, 3.63) is 0 Å². The van der Waals surface area contributed by atoms with Gasteiger partial charge in [-0.15, -0.1) is 0 Å². The number of hydrogen-bond acceptors (Lipinski definition) is 3. The Hall–Kier alpha value is -0.120. The molecule has 0 aromatic heterocycles. The van der Waals surface area contributed by atoms with Crippen LogP contribution in [0.4, 0.5) is 0 Å². The predicted molar refractivity (Wildman–Crippen MR) is 101 cm³/mol. The molecule has 1 heterocycles. The Kier molecular flexibility index (Phi) is 5.36. The Morgan fingerprint density at radius 1 is 1.04 bits per heavy atom. The van der Waals surface area contributed by atoms with Gasteiger partial charge in [-0.3, -0.25) is 4.90 Å². The first-order chi connectivity index (χ1) is 11.3. The van der Waals surface area contributed by atoms with Gasteiger partial charge in [0.05, 0.1) is 5.60 Å². The van der Waals surface area contributed by atoms with Crippen molar-refractivity contribution < 1.29 is 4.74 Å². The number of rotatable bonds is 5. The largest absolute Gasteiger partial charge is 0.377 e. The number of likely N-dealkylation sites (tertiary alicyclic amines) is 1. The second-order valence-electron chi connectivity index (χ2n) is 9.90. The van der Waals surface area contributed by atoms with E-state index >= 15 is 0 Å². The van der Waals surface area contributed by atoms with Crippen LogP contribution in [0.3, 0.4) is 0 Å². The Morgan fingerprint density at radius 3 is 2.21 bits per heavy atom. The van der Waals surface area contributed by atoms with Gasteiger partial charge >= 0.3 is 0 Å². The maximum absolute atomic E-state index is 5.66. The molecule has 140 valence electrons. The summed E-state index contributed by atoms with van der Waals surface area (Å²) < 4.78 is 5.66. The molecular formula is C21H40N2O. The maximum atomic E-state index is 5.66. The molecule has 1 spiro atoms. The van der Waals surface area contributed by atoms with Crippen molar-refractivity contribution in [2.75, 3.05) is 40.8 Å². The van der Waals surface area contributed by atoms with Gasteiger partial charge in [-0.05, 0) is 90.8 Å². The highest BCUT2D eigenvalue weighted by molar-refractivity contribution is 5.05. The van der Waals surface area contributed by atoms with Gasteiger partial charge in [-0.2, -0.15) is 0 Å². The molecule has 0 radical (unpaired) electrons. The molecule has 2 saturated carbocycles. The zero-order valence-corrected chi connectivity index (χ0v) is 16.9. The van der Waals surface area contributed by atoms with Gasteiger partial charge in [-0.25, -0.2) is 0 Å². The molecule has 2 aliphatic carbocycles. The van der Waals surface area contributed by atoms with E-state index in [-0.39, 0.29) is 5.60 Å². The van der Waals surface area contributed by atoms with Crippen molar-refractivity contribution in [2.24, 2.45) is 11.3 Å². The first-order valence-corrected chi connectivity index (χ1v) is 10.3. The lowest BCUT2D eigenvalue weighted by atomic mass is 9.62. The Balaban J connectivity index is 1.62. The van der Waals surface area contributed by atoms with Crippen molar-refractivity contribution in [1.82, 2.24) is 9.80 Å². The average molecular weight is 337 g/mol. The summed E-state index contributed by atoms with van der Waals surface area (Å²) in [7, 11) is 6.54. The Morgan fingerprint density at radius 2 is 1.67 bits per heavy atom. The maximum Gasteiger partial charge on any atom is 0.0749 e. The van der Waals surface area contributed by atoms with E-state index < -0.39 is 0 Å². The number of hydrogen-bond donors (Lipinski definition) is 0. The molecule has 3 fully saturated rings. The molecule has 3 nitrogen and oxygen atoms in total. The average Bonchev–Trinajstić information content (AvgIpc) is 3.19. The van der Waals surface area contributed by atoms with Gasteiger partial charge in [-0.1, -0.05) is 12.8 Å². The molecule has 0 aromatic carbocycles. The van der Waals surface area contributed by atoms with Crippen molar-refractivity contribution in [3.63, 3.8) is 0 Å². The molecule has 0 bridgehead atoms. The summed E-state index contributed by atoms with van der Waals surface area (Å²) in [6.07, 6.45) is 13.0. The monoisotopic (exact) mass is 336 g/mol. The minimum Gasteiger partial charge on any atom is -0.377 e. The van der Waals surface area contributed by atoms with E-state index in [9.17, 15) is 0 Å². The fourth-order valence-electron chi connectivity index (χ4n) is 6.07. The smallest absolute Gasteiger partial charge is 0.0749 e. The first kappa shape index (κ1) is 18.7. The minimum atomic E-state index is -0.0164. The lowest BCUT2D eigenvalue weighted by Gasteiger charge is -2.52. The minimum absolute atomic E-state index is 0.0164.